The van der Waals surface area contributed by atoms with E-state index in [9.17, 15) is 18.0 Å². The molecule has 0 aliphatic carbocycles. The molecule has 0 saturated heterocycles. The van der Waals surface area contributed by atoms with Gasteiger partial charge in [0.2, 0.25) is 21.8 Å². The Morgan fingerprint density at radius 1 is 1.17 bits per heavy atom. The molecular formula is C16H16N6O4S3. The zero-order valence-corrected chi connectivity index (χ0v) is 17.3. The van der Waals surface area contributed by atoms with Gasteiger partial charge in [-0.15, -0.1) is 21.5 Å². The van der Waals surface area contributed by atoms with Crippen molar-refractivity contribution in [1.29, 1.82) is 0 Å². The highest BCUT2D eigenvalue weighted by molar-refractivity contribution is 7.99. The van der Waals surface area contributed by atoms with Gasteiger partial charge in [-0.05, 0) is 35.7 Å². The molecule has 0 fully saturated rings. The summed E-state index contributed by atoms with van der Waals surface area (Å²) >= 11 is 2.54. The molecule has 0 saturated carbocycles. The topological polar surface area (TPSA) is 163 Å². The molecule has 3 rings (SSSR count). The molecule has 0 aliphatic heterocycles. The Hall–Kier alpha value is -2.74. The van der Waals surface area contributed by atoms with Crippen LogP contribution in [0.4, 0.5) is 5.69 Å². The van der Waals surface area contributed by atoms with Crippen molar-refractivity contribution in [2.75, 3.05) is 11.1 Å². The Bertz CT molecular complexity index is 1120. The van der Waals surface area contributed by atoms with Crippen molar-refractivity contribution in [2.45, 2.75) is 16.6 Å². The molecule has 0 bridgehead atoms. The van der Waals surface area contributed by atoms with Crippen LogP contribution in [0.2, 0.25) is 0 Å². The van der Waals surface area contributed by atoms with E-state index in [2.05, 4.69) is 15.5 Å². The number of primary sulfonamides is 1. The average molecular weight is 453 g/mol. The van der Waals surface area contributed by atoms with Gasteiger partial charge in [-0.3, -0.25) is 14.2 Å². The molecule has 5 N–H and O–H groups in total. The monoisotopic (exact) mass is 452 g/mol. The smallest absolute Gasteiger partial charge is 0.238 e. The van der Waals surface area contributed by atoms with Crippen molar-refractivity contribution in [3.05, 3.63) is 41.8 Å². The lowest BCUT2D eigenvalue weighted by atomic mass is 10.3. The van der Waals surface area contributed by atoms with E-state index in [1.54, 1.807) is 4.57 Å². The van der Waals surface area contributed by atoms with E-state index in [-0.39, 0.29) is 23.1 Å². The fourth-order valence-electron chi connectivity index (χ4n) is 2.34. The minimum absolute atomic E-state index is 0.00171. The second kappa shape index (κ2) is 8.73. The van der Waals surface area contributed by atoms with Gasteiger partial charge in [0.05, 0.1) is 15.5 Å². The van der Waals surface area contributed by atoms with E-state index in [1.165, 1.54) is 35.6 Å². The van der Waals surface area contributed by atoms with Gasteiger partial charge in [0, 0.05) is 5.69 Å². The van der Waals surface area contributed by atoms with Gasteiger partial charge < -0.3 is 11.1 Å². The second-order valence-electron chi connectivity index (χ2n) is 5.74. The minimum atomic E-state index is -3.80. The highest BCUT2D eigenvalue weighted by Gasteiger charge is 2.18. The normalized spacial score (nSPS) is 11.3. The van der Waals surface area contributed by atoms with Crippen LogP contribution in [0.1, 0.15) is 0 Å². The van der Waals surface area contributed by atoms with Crippen molar-refractivity contribution in [2.24, 2.45) is 10.9 Å². The highest BCUT2D eigenvalue weighted by atomic mass is 32.2. The summed E-state index contributed by atoms with van der Waals surface area (Å²) in [6.07, 6.45) is 0. The van der Waals surface area contributed by atoms with Crippen LogP contribution in [0.3, 0.4) is 0 Å². The van der Waals surface area contributed by atoms with Crippen LogP contribution >= 0.6 is 23.1 Å². The van der Waals surface area contributed by atoms with Crippen LogP contribution in [0, 0.1) is 0 Å². The number of hydrogen-bond donors (Lipinski definition) is 3. The van der Waals surface area contributed by atoms with Crippen molar-refractivity contribution in [3.8, 4) is 10.7 Å². The Kier molecular flexibility index (Phi) is 6.32. The van der Waals surface area contributed by atoms with E-state index in [1.807, 2.05) is 17.5 Å². The van der Waals surface area contributed by atoms with Gasteiger partial charge in [0.25, 0.3) is 0 Å². The van der Waals surface area contributed by atoms with Crippen LogP contribution in [-0.4, -0.2) is 40.7 Å². The van der Waals surface area contributed by atoms with Crippen molar-refractivity contribution in [1.82, 2.24) is 14.8 Å². The number of thioether (sulfide) groups is 1. The molecule has 3 aromatic rings. The minimum Gasteiger partial charge on any atom is -0.368 e. The number of carbonyl (C=O) groups is 2. The number of anilines is 1. The van der Waals surface area contributed by atoms with E-state index in [4.69, 9.17) is 10.9 Å². The number of nitrogens with one attached hydrogen (secondary N) is 1. The molecule has 0 unspecified atom stereocenters. The van der Waals surface area contributed by atoms with Gasteiger partial charge in [0.1, 0.15) is 6.54 Å². The van der Waals surface area contributed by atoms with E-state index < -0.39 is 15.9 Å². The molecule has 2 amide bonds. The standard InChI is InChI=1S/C16H16N6O4S3/c17-13(23)8-22-15(12-2-1-7-27-12)20-21-16(22)28-9-14(24)19-10-3-5-11(6-4-10)29(18,25)26/h1-7H,8-9H2,(H2,17,23)(H,19,24)(H2,18,25,26). The summed E-state index contributed by atoms with van der Waals surface area (Å²) in [5.74, 6) is -0.396. The number of nitrogens with zero attached hydrogens (tertiary/aromatic N) is 3. The lowest BCUT2D eigenvalue weighted by molar-refractivity contribution is -0.118. The Morgan fingerprint density at radius 3 is 2.48 bits per heavy atom. The van der Waals surface area contributed by atoms with Crippen LogP contribution in [-0.2, 0) is 26.2 Å². The van der Waals surface area contributed by atoms with Gasteiger partial charge in [-0.25, -0.2) is 13.6 Å². The van der Waals surface area contributed by atoms with Gasteiger partial charge >= 0.3 is 0 Å². The number of aromatic nitrogens is 3. The third-order valence-electron chi connectivity index (χ3n) is 3.57. The molecule has 10 nitrogen and oxygen atoms in total. The molecule has 152 valence electrons. The van der Waals surface area contributed by atoms with E-state index in [0.29, 0.717) is 16.7 Å². The third kappa shape index (κ3) is 5.41. The zero-order valence-electron chi connectivity index (χ0n) is 14.8. The van der Waals surface area contributed by atoms with Crippen molar-refractivity contribution < 1.29 is 18.0 Å². The lowest BCUT2D eigenvalue weighted by Gasteiger charge is -2.08. The fourth-order valence-corrected chi connectivity index (χ4v) is 4.31. The first-order chi connectivity index (χ1) is 13.7. The number of sulfonamides is 1. The van der Waals surface area contributed by atoms with Crippen LogP contribution in [0.25, 0.3) is 10.7 Å². The maximum Gasteiger partial charge on any atom is 0.238 e. The molecule has 2 aromatic heterocycles. The molecule has 0 aliphatic rings. The zero-order chi connectivity index (χ0) is 21.0. The maximum absolute atomic E-state index is 12.2. The molecule has 13 heteroatoms. The number of primary amides is 1. The molecule has 0 spiro atoms. The highest BCUT2D eigenvalue weighted by Crippen LogP contribution is 2.27. The van der Waals surface area contributed by atoms with Crippen molar-refractivity contribution >= 4 is 50.6 Å². The van der Waals surface area contributed by atoms with Gasteiger partial charge in [-0.2, -0.15) is 0 Å². The molecule has 29 heavy (non-hydrogen) atoms. The first kappa shape index (κ1) is 21.0. The molecule has 1 aromatic carbocycles. The third-order valence-corrected chi connectivity index (χ3v) is 6.33. The summed E-state index contributed by atoms with van der Waals surface area (Å²) < 4.78 is 24.1. The van der Waals surface area contributed by atoms with E-state index in [0.717, 1.165) is 16.6 Å². The summed E-state index contributed by atoms with van der Waals surface area (Å²) in [5.41, 5.74) is 5.74. The molecule has 0 atom stereocenters. The summed E-state index contributed by atoms with van der Waals surface area (Å²) in [5, 5.41) is 18.1. The van der Waals surface area contributed by atoms with Crippen molar-refractivity contribution in [3.63, 3.8) is 0 Å². The van der Waals surface area contributed by atoms with Gasteiger partial charge in [-0.1, -0.05) is 17.8 Å². The maximum atomic E-state index is 12.2. The average Bonchev–Trinajstić information content (AvgIpc) is 3.29. The number of amides is 2. The fraction of sp³-hybridized carbons (Fsp3) is 0.125. The summed E-state index contributed by atoms with van der Waals surface area (Å²) in [6.45, 7) is -0.112. The first-order valence-corrected chi connectivity index (χ1v) is 11.5. The molecule has 0 radical (unpaired) electrons. The van der Waals surface area contributed by atoms with Crippen LogP contribution in [0.5, 0.6) is 0 Å². The number of hydrogen-bond acceptors (Lipinski definition) is 8. The summed E-state index contributed by atoms with van der Waals surface area (Å²) in [7, 11) is -3.80. The predicted octanol–water partition coefficient (Wildman–Crippen LogP) is 0.870. The molecular weight excluding hydrogens is 436 g/mol. The van der Waals surface area contributed by atoms with E-state index >= 15 is 0 Å². The van der Waals surface area contributed by atoms with Crippen LogP contribution in [0.15, 0.2) is 51.8 Å². The SMILES string of the molecule is NC(=O)Cn1c(SCC(=O)Nc2ccc(S(N)(=O)=O)cc2)nnc1-c1cccs1. The predicted molar refractivity (Wildman–Crippen MR) is 110 cm³/mol. The lowest BCUT2D eigenvalue weighted by Crippen LogP contribution is -2.20. The largest absolute Gasteiger partial charge is 0.368 e. The number of thiophene rings is 1. The summed E-state index contributed by atoms with van der Waals surface area (Å²) in [4.78, 5) is 24.4. The van der Waals surface area contributed by atoms with Crippen LogP contribution < -0.4 is 16.2 Å². The first-order valence-electron chi connectivity index (χ1n) is 8.05. The Labute approximate surface area is 174 Å². The number of benzene rings is 1. The molecule has 2 heterocycles. The quantitative estimate of drug-likeness (QED) is 0.427. The second-order valence-corrected chi connectivity index (χ2v) is 9.19. The number of carbonyl (C=O) groups excluding carboxylic acids is 2. The Balaban J connectivity index is 1.68. The number of nitrogens with two attached hydrogens (primary N) is 2. The Morgan fingerprint density at radius 2 is 1.90 bits per heavy atom. The number of rotatable bonds is 8. The van der Waals surface area contributed by atoms with Gasteiger partial charge in [0.15, 0.2) is 11.0 Å². The summed E-state index contributed by atoms with van der Waals surface area (Å²) in [6, 6.07) is 9.17.